The number of hydrogen-bond acceptors (Lipinski definition) is 5. The van der Waals surface area contributed by atoms with Gasteiger partial charge < -0.3 is 24.8 Å². The molecule has 0 bridgehead atoms. The fraction of sp³-hybridized carbons (Fsp3) is 0.842. The quantitative estimate of drug-likeness (QED) is 0.345. The molecule has 2 heterocycles. The molecule has 1 aromatic rings. The first-order valence-electron chi connectivity index (χ1n) is 10.4. The van der Waals surface area contributed by atoms with Crippen LogP contribution in [0.4, 0.5) is 0 Å². The van der Waals surface area contributed by atoms with Crippen LogP contribution in [-0.2, 0) is 11.3 Å². The molecule has 0 atom stereocenters. The molecule has 2 rings (SSSR count). The first-order valence-corrected chi connectivity index (χ1v) is 10.4. The molecular formula is C19H37N7O. The molecule has 0 unspecified atom stereocenters. The molecule has 1 aliphatic heterocycles. The summed E-state index contributed by atoms with van der Waals surface area (Å²) in [7, 11) is 0. The molecule has 8 nitrogen and oxygen atoms in total. The number of guanidine groups is 1. The highest BCUT2D eigenvalue weighted by molar-refractivity contribution is 5.80. The molecule has 154 valence electrons. The maximum atomic E-state index is 5.66. The van der Waals surface area contributed by atoms with Gasteiger partial charge in [-0.1, -0.05) is 0 Å². The lowest BCUT2D eigenvalue weighted by Crippen LogP contribution is -2.49. The molecule has 8 heteroatoms. The second kappa shape index (κ2) is 12.7. The Kier molecular flexibility index (Phi) is 10.1. The Morgan fingerprint density at radius 2 is 1.93 bits per heavy atom. The van der Waals surface area contributed by atoms with E-state index in [0.29, 0.717) is 12.1 Å². The lowest BCUT2D eigenvalue weighted by molar-refractivity contribution is 0.0532. The van der Waals surface area contributed by atoms with Crippen molar-refractivity contribution in [3.63, 3.8) is 0 Å². The number of ether oxygens (including phenoxy) is 1. The molecule has 0 saturated carbocycles. The topological polar surface area (TPSA) is 79.6 Å². The van der Waals surface area contributed by atoms with Crippen LogP contribution in [0, 0.1) is 0 Å². The highest BCUT2D eigenvalue weighted by Crippen LogP contribution is 2.10. The van der Waals surface area contributed by atoms with Gasteiger partial charge in [0.05, 0.1) is 12.7 Å². The van der Waals surface area contributed by atoms with E-state index < -0.39 is 0 Å². The number of likely N-dealkylation sites (tertiary alicyclic amines) is 1. The molecule has 1 saturated heterocycles. The van der Waals surface area contributed by atoms with Crippen molar-refractivity contribution in [2.45, 2.75) is 65.1 Å². The average molecular weight is 380 g/mol. The van der Waals surface area contributed by atoms with E-state index in [1.165, 1.54) is 0 Å². The number of rotatable bonds is 11. The standard InChI is InChI=1S/C19H37N7O/c1-4-20-19(21-9-5-6-10-26-15-22-23-16-26)24-18-7-11-25(12-8-18)13-14-27-17(2)3/h15-18H,4-14H2,1-3H3,(H2,20,21,24). The molecular weight excluding hydrogens is 342 g/mol. The number of aromatic nitrogens is 3. The Bertz CT molecular complexity index is 510. The maximum Gasteiger partial charge on any atom is 0.191 e. The highest BCUT2D eigenvalue weighted by atomic mass is 16.5. The van der Waals surface area contributed by atoms with Gasteiger partial charge in [-0.2, -0.15) is 0 Å². The van der Waals surface area contributed by atoms with E-state index >= 15 is 0 Å². The summed E-state index contributed by atoms with van der Waals surface area (Å²) >= 11 is 0. The molecule has 1 aromatic heterocycles. The van der Waals surface area contributed by atoms with E-state index in [0.717, 1.165) is 77.5 Å². The van der Waals surface area contributed by atoms with Crippen LogP contribution in [0.5, 0.6) is 0 Å². The number of aliphatic imine (C=N–C) groups is 1. The van der Waals surface area contributed by atoms with Gasteiger partial charge in [-0.15, -0.1) is 10.2 Å². The van der Waals surface area contributed by atoms with E-state index in [-0.39, 0.29) is 0 Å². The van der Waals surface area contributed by atoms with Crippen molar-refractivity contribution >= 4 is 5.96 Å². The Labute approximate surface area is 163 Å². The van der Waals surface area contributed by atoms with Gasteiger partial charge >= 0.3 is 0 Å². The van der Waals surface area contributed by atoms with Crippen LogP contribution < -0.4 is 10.6 Å². The third-order valence-corrected chi connectivity index (χ3v) is 4.69. The maximum absolute atomic E-state index is 5.66. The zero-order valence-corrected chi connectivity index (χ0v) is 17.2. The Morgan fingerprint density at radius 1 is 1.19 bits per heavy atom. The molecule has 0 spiro atoms. The summed E-state index contributed by atoms with van der Waals surface area (Å²) in [6.07, 6.45) is 8.28. The van der Waals surface area contributed by atoms with Crippen molar-refractivity contribution in [2.24, 2.45) is 4.99 Å². The third-order valence-electron chi connectivity index (χ3n) is 4.69. The van der Waals surface area contributed by atoms with Crippen molar-refractivity contribution < 1.29 is 4.74 Å². The zero-order chi connectivity index (χ0) is 19.3. The summed E-state index contributed by atoms with van der Waals surface area (Å²) in [6.45, 7) is 13.1. The molecule has 0 radical (unpaired) electrons. The Morgan fingerprint density at radius 3 is 2.59 bits per heavy atom. The minimum Gasteiger partial charge on any atom is -0.377 e. The van der Waals surface area contributed by atoms with Crippen molar-refractivity contribution in [1.29, 1.82) is 0 Å². The smallest absolute Gasteiger partial charge is 0.191 e. The summed E-state index contributed by atoms with van der Waals surface area (Å²) in [5.41, 5.74) is 0. The van der Waals surface area contributed by atoms with E-state index in [9.17, 15) is 0 Å². The van der Waals surface area contributed by atoms with Crippen LogP contribution in [0.3, 0.4) is 0 Å². The second-order valence-electron chi connectivity index (χ2n) is 7.35. The minimum absolute atomic E-state index is 0.319. The second-order valence-corrected chi connectivity index (χ2v) is 7.35. The number of unbranched alkanes of at least 4 members (excludes halogenated alkanes) is 1. The van der Waals surface area contributed by atoms with E-state index in [4.69, 9.17) is 9.73 Å². The first kappa shape index (κ1) is 21.6. The summed E-state index contributed by atoms with van der Waals surface area (Å²) in [5, 5.41) is 14.6. The SMILES string of the molecule is CCNC(=NCCCCn1cnnc1)NC1CCN(CCOC(C)C)CC1. The normalized spacial score (nSPS) is 16.8. The predicted octanol–water partition coefficient (Wildman–Crippen LogP) is 1.50. The Hall–Kier alpha value is -1.67. The zero-order valence-electron chi connectivity index (χ0n) is 17.2. The summed E-state index contributed by atoms with van der Waals surface area (Å²) < 4.78 is 7.67. The van der Waals surface area contributed by atoms with Crippen molar-refractivity contribution in [2.75, 3.05) is 39.3 Å². The number of nitrogens with zero attached hydrogens (tertiary/aromatic N) is 5. The largest absolute Gasteiger partial charge is 0.377 e. The van der Waals surface area contributed by atoms with Gasteiger partial charge in [0.2, 0.25) is 0 Å². The van der Waals surface area contributed by atoms with Crippen LogP contribution in [-0.4, -0.2) is 77.1 Å². The van der Waals surface area contributed by atoms with Crippen LogP contribution in [0.2, 0.25) is 0 Å². The fourth-order valence-electron chi connectivity index (χ4n) is 3.17. The molecule has 0 aliphatic carbocycles. The molecule has 1 fully saturated rings. The first-order chi connectivity index (χ1) is 13.2. The van der Waals surface area contributed by atoms with Gasteiger partial charge in [0.25, 0.3) is 0 Å². The molecule has 0 aromatic carbocycles. The van der Waals surface area contributed by atoms with Crippen LogP contribution in [0.1, 0.15) is 46.5 Å². The van der Waals surface area contributed by atoms with Gasteiger partial charge in [0.15, 0.2) is 5.96 Å². The summed E-state index contributed by atoms with van der Waals surface area (Å²) in [6, 6.07) is 0.502. The minimum atomic E-state index is 0.319. The van der Waals surface area contributed by atoms with Gasteiger partial charge in [-0.25, -0.2) is 0 Å². The van der Waals surface area contributed by atoms with Crippen molar-refractivity contribution in [3.8, 4) is 0 Å². The number of aryl methyl sites for hydroxylation is 1. The molecule has 2 N–H and O–H groups in total. The van der Waals surface area contributed by atoms with Crippen LogP contribution in [0.15, 0.2) is 17.6 Å². The third kappa shape index (κ3) is 9.19. The number of piperidine rings is 1. The van der Waals surface area contributed by atoms with Crippen molar-refractivity contribution in [3.05, 3.63) is 12.7 Å². The lowest BCUT2D eigenvalue weighted by atomic mass is 10.1. The number of hydrogen-bond donors (Lipinski definition) is 2. The highest BCUT2D eigenvalue weighted by Gasteiger charge is 2.19. The average Bonchev–Trinajstić information content (AvgIpc) is 3.16. The predicted molar refractivity (Wildman–Crippen MR) is 109 cm³/mol. The number of nitrogens with one attached hydrogen (secondary N) is 2. The fourth-order valence-corrected chi connectivity index (χ4v) is 3.17. The molecule has 0 amide bonds. The van der Waals surface area contributed by atoms with E-state index in [2.05, 4.69) is 46.5 Å². The summed E-state index contributed by atoms with van der Waals surface area (Å²) in [5.74, 6) is 0.948. The van der Waals surface area contributed by atoms with Gasteiger partial charge in [-0.05, 0) is 46.5 Å². The van der Waals surface area contributed by atoms with Gasteiger partial charge in [0.1, 0.15) is 12.7 Å². The summed E-state index contributed by atoms with van der Waals surface area (Å²) in [4.78, 5) is 7.23. The van der Waals surface area contributed by atoms with Crippen molar-refractivity contribution in [1.82, 2.24) is 30.3 Å². The molecule has 27 heavy (non-hydrogen) atoms. The van der Waals surface area contributed by atoms with Crippen LogP contribution >= 0.6 is 0 Å². The van der Waals surface area contributed by atoms with E-state index in [1.54, 1.807) is 12.7 Å². The van der Waals surface area contributed by atoms with Gasteiger partial charge in [0, 0.05) is 45.3 Å². The van der Waals surface area contributed by atoms with Crippen LogP contribution in [0.25, 0.3) is 0 Å². The molecule has 1 aliphatic rings. The lowest BCUT2D eigenvalue weighted by Gasteiger charge is -2.33. The van der Waals surface area contributed by atoms with Gasteiger partial charge in [-0.3, -0.25) is 4.99 Å². The monoisotopic (exact) mass is 379 g/mol. The Balaban J connectivity index is 1.63. The van der Waals surface area contributed by atoms with E-state index in [1.807, 2.05) is 4.57 Å².